The fourth-order valence-electron chi connectivity index (χ4n) is 4.29. The lowest BCUT2D eigenvalue weighted by atomic mass is 10.0. The molecule has 0 saturated heterocycles. The standard InChI is InChI=1S/C22H28N4O3/c1-2-3-4-5-14-6-8-16(9-7-14)17-12-19-21(22(29)23-17)24-25-26(19)18-10-15(13-27)11-20(18)28/h6-9,12,15,18,20,27-28H,2-5,10-11,13H2,1H3,(H,23,29)/t15-,18+,20+/m0/s1. The Hall–Kier alpha value is -2.51. The summed E-state index contributed by atoms with van der Waals surface area (Å²) in [5.41, 5.74) is 3.51. The fourth-order valence-corrected chi connectivity index (χ4v) is 4.29. The minimum atomic E-state index is -0.609. The van der Waals surface area contributed by atoms with Gasteiger partial charge >= 0.3 is 0 Å². The van der Waals surface area contributed by atoms with Gasteiger partial charge in [-0.25, -0.2) is 4.68 Å². The molecule has 3 N–H and O–H groups in total. The number of aromatic nitrogens is 4. The molecule has 0 amide bonds. The number of benzene rings is 1. The number of hydrogen-bond acceptors (Lipinski definition) is 5. The molecule has 0 radical (unpaired) electrons. The van der Waals surface area contributed by atoms with E-state index in [4.69, 9.17) is 0 Å². The maximum absolute atomic E-state index is 12.6. The predicted octanol–water partition coefficient (Wildman–Crippen LogP) is 2.82. The van der Waals surface area contributed by atoms with Gasteiger partial charge in [0.2, 0.25) is 0 Å². The Morgan fingerprint density at radius 2 is 2.00 bits per heavy atom. The molecule has 2 aromatic heterocycles. The second kappa shape index (κ2) is 8.47. The van der Waals surface area contributed by atoms with Gasteiger partial charge in [-0.2, -0.15) is 0 Å². The van der Waals surface area contributed by atoms with Crippen LogP contribution < -0.4 is 5.56 Å². The van der Waals surface area contributed by atoms with Crippen LogP contribution in [-0.2, 0) is 6.42 Å². The lowest BCUT2D eigenvalue weighted by molar-refractivity contribution is 0.127. The average Bonchev–Trinajstić information content (AvgIpc) is 3.32. The van der Waals surface area contributed by atoms with Gasteiger partial charge in [0.05, 0.1) is 23.4 Å². The molecule has 7 heteroatoms. The molecule has 1 saturated carbocycles. The Balaban J connectivity index is 1.65. The van der Waals surface area contributed by atoms with E-state index in [1.807, 2.05) is 18.2 Å². The number of aromatic amines is 1. The van der Waals surface area contributed by atoms with E-state index in [1.54, 1.807) is 4.68 Å². The van der Waals surface area contributed by atoms with Crippen LogP contribution in [-0.4, -0.2) is 42.9 Å². The van der Waals surface area contributed by atoms with E-state index >= 15 is 0 Å². The topological polar surface area (TPSA) is 104 Å². The molecule has 0 aliphatic heterocycles. The third kappa shape index (κ3) is 3.97. The second-order valence-electron chi connectivity index (χ2n) is 8.09. The predicted molar refractivity (Wildman–Crippen MR) is 112 cm³/mol. The number of aryl methyl sites for hydroxylation is 1. The molecule has 1 fully saturated rings. The molecule has 0 unspecified atom stereocenters. The number of pyridine rings is 1. The Morgan fingerprint density at radius 3 is 2.69 bits per heavy atom. The average molecular weight is 396 g/mol. The number of aliphatic hydroxyl groups is 2. The number of aliphatic hydroxyl groups excluding tert-OH is 2. The SMILES string of the molecule is CCCCCc1ccc(-c2cc3c(nnn3[C@@H]3C[C@H](CO)C[C@H]3O)c(=O)[nH]2)cc1. The van der Waals surface area contributed by atoms with E-state index in [-0.39, 0.29) is 29.6 Å². The summed E-state index contributed by atoms with van der Waals surface area (Å²) in [4.78, 5) is 15.5. The number of nitrogens with one attached hydrogen (secondary N) is 1. The quantitative estimate of drug-likeness (QED) is 0.533. The van der Waals surface area contributed by atoms with Crippen LogP contribution in [0.25, 0.3) is 22.3 Å². The second-order valence-corrected chi connectivity index (χ2v) is 8.09. The van der Waals surface area contributed by atoms with Crippen LogP contribution in [0.5, 0.6) is 0 Å². The van der Waals surface area contributed by atoms with E-state index in [0.29, 0.717) is 24.1 Å². The summed E-state index contributed by atoms with van der Waals surface area (Å²) in [6.07, 6.45) is 5.21. The molecule has 2 heterocycles. The first-order valence-electron chi connectivity index (χ1n) is 10.5. The van der Waals surface area contributed by atoms with Crippen molar-refractivity contribution in [3.63, 3.8) is 0 Å². The van der Waals surface area contributed by atoms with Crippen LogP contribution in [0.2, 0.25) is 0 Å². The highest BCUT2D eigenvalue weighted by atomic mass is 16.3. The number of nitrogens with zero attached hydrogens (tertiary/aromatic N) is 3. The molecular weight excluding hydrogens is 368 g/mol. The van der Waals surface area contributed by atoms with Crippen molar-refractivity contribution in [3.8, 4) is 11.3 Å². The molecule has 7 nitrogen and oxygen atoms in total. The third-order valence-electron chi connectivity index (χ3n) is 5.97. The van der Waals surface area contributed by atoms with Gasteiger partial charge in [-0.05, 0) is 48.8 Å². The fraction of sp³-hybridized carbons (Fsp3) is 0.500. The zero-order valence-electron chi connectivity index (χ0n) is 16.7. The summed E-state index contributed by atoms with van der Waals surface area (Å²) in [5, 5.41) is 28.0. The monoisotopic (exact) mass is 396 g/mol. The van der Waals surface area contributed by atoms with Gasteiger partial charge in [0.25, 0.3) is 5.56 Å². The van der Waals surface area contributed by atoms with Gasteiger partial charge in [0.15, 0.2) is 5.52 Å². The van der Waals surface area contributed by atoms with Crippen LogP contribution in [0.3, 0.4) is 0 Å². The van der Waals surface area contributed by atoms with Crippen molar-refractivity contribution in [1.82, 2.24) is 20.0 Å². The largest absolute Gasteiger partial charge is 0.396 e. The van der Waals surface area contributed by atoms with Crippen molar-refractivity contribution in [2.45, 2.75) is 57.6 Å². The van der Waals surface area contributed by atoms with Crippen LogP contribution in [0, 0.1) is 5.92 Å². The van der Waals surface area contributed by atoms with E-state index in [0.717, 1.165) is 12.0 Å². The van der Waals surface area contributed by atoms with Crippen LogP contribution in [0.4, 0.5) is 0 Å². The van der Waals surface area contributed by atoms with Gasteiger partial charge < -0.3 is 15.2 Å². The minimum absolute atomic E-state index is 0.0379. The zero-order chi connectivity index (χ0) is 20.4. The highest BCUT2D eigenvalue weighted by Crippen LogP contribution is 2.35. The van der Waals surface area contributed by atoms with Crippen LogP contribution >= 0.6 is 0 Å². The molecule has 1 aliphatic rings. The molecule has 3 atom stereocenters. The van der Waals surface area contributed by atoms with E-state index in [2.05, 4.69) is 34.4 Å². The Kier molecular flexibility index (Phi) is 5.78. The molecule has 0 bridgehead atoms. The Labute approximate surface area is 169 Å². The van der Waals surface area contributed by atoms with E-state index in [9.17, 15) is 15.0 Å². The van der Waals surface area contributed by atoms with E-state index < -0.39 is 6.10 Å². The molecular formula is C22H28N4O3. The number of unbranched alkanes of at least 4 members (excludes halogenated alkanes) is 2. The van der Waals surface area contributed by atoms with Gasteiger partial charge in [0.1, 0.15) is 0 Å². The first-order valence-corrected chi connectivity index (χ1v) is 10.5. The van der Waals surface area contributed by atoms with Crippen LogP contribution in [0.1, 0.15) is 50.6 Å². The summed E-state index contributed by atoms with van der Waals surface area (Å²) in [7, 11) is 0. The lowest BCUT2D eigenvalue weighted by Crippen LogP contribution is -2.19. The van der Waals surface area contributed by atoms with Crippen molar-refractivity contribution >= 4 is 11.0 Å². The molecule has 4 rings (SSSR count). The Morgan fingerprint density at radius 1 is 1.21 bits per heavy atom. The van der Waals surface area contributed by atoms with Gasteiger partial charge in [-0.15, -0.1) is 5.10 Å². The maximum atomic E-state index is 12.6. The van der Waals surface area contributed by atoms with Gasteiger partial charge in [-0.3, -0.25) is 4.79 Å². The third-order valence-corrected chi connectivity index (χ3v) is 5.97. The number of hydrogen-bond donors (Lipinski definition) is 3. The van der Waals surface area contributed by atoms with Crippen LogP contribution in [0.15, 0.2) is 35.1 Å². The highest BCUT2D eigenvalue weighted by molar-refractivity contribution is 5.78. The summed E-state index contributed by atoms with van der Waals surface area (Å²) in [5.74, 6) is 0.0379. The molecule has 1 aromatic carbocycles. The van der Waals surface area contributed by atoms with Crippen molar-refractivity contribution in [2.75, 3.05) is 6.61 Å². The normalized spacial score (nSPS) is 21.8. The summed E-state index contributed by atoms with van der Waals surface area (Å²) in [6, 6.07) is 9.86. The maximum Gasteiger partial charge on any atom is 0.278 e. The minimum Gasteiger partial charge on any atom is -0.396 e. The van der Waals surface area contributed by atoms with Crippen molar-refractivity contribution in [3.05, 3.63) is 46.2 Å². The van der Waals surface area contributed by atoms with E-state index in [1.165, 1.54) is 24.8 Å². The smallest absolute Gasteiger partial charge is 0.278 e. The zero-order valence-corrected chi connectivity index (χ0v) is 16.7. The van der Waals surface area contributed by atoms with Crippen molar-refractivity contribution in [1.29, 1.82) is 0 Å². The summed E-state index contributed by atoms with van der Waals surface area (Å²) < 4.78 is 1.65. The van der Waals surface area contributed by atoms with Gasteiger partial charge in [0, 0.05) is 6.61 Å². The molecule has 29 heavy (non-hydrogen) atoms. The molecule has 154 valence electrons. The Bertz CT molecular complexity index is 1020. The highest BCUT2D eigenvalue weighted by Gasteiger charge is 2.35. The lowest BCUT2D eigenvalue weighted by Gasteiger charge is -2.15. The van der Waals surface area contributed by atoms with Gasteiger partial charge in [-0.1, -0.05) is 49.2 Å². The number of fused-ring (bicyclic) bond motifs is 1. The first kappa shape index (κ1) is 19.8. The molecule has 3 aromatic rings. The number of rotatable bonds is 7. The first-order chi connectivity index (χ1) is 14.1. The molecule has 0 spiro atoms. The number of H-pyrrole nitrogens is 1. The molecule has 1 aliphatic carbocycles. The summed E-state index contributed by atoms with van der Waals surface area (Å²) in [6.45, 7) is 2.24. The summed E-state index contributed by atoms with van der Waals surface area (Å²) >= 11 is 0. The van der Waals surface area contributed by atoms with Crippen molar-refractivity contribution in [2.24, 2.45) is 5.92 Å². The van der Waals surface area contributed by atoms with Crippen molar-refractivity contribution < 1.29 is 10.2 Å².